The first-order valence-electron chi connectivity index (χ1n) is 6.71. The molecule has 0 amide bonds. The zero-order valence-corrected chi connectivity index (χ0v) is 10.7. The van der Waals surface area contributed by atoms with Gasteiger partial charge in [0, 0.05) is 13.2 Å². The monoisotopic (exact) mass is 240 g/mol. The summed E-state index contributed by atoms with van der Waals surface area (Å²) >= 11 is 0. The maximum absolute atomic E-state index is 11.3. The minimum atomic E-state index is -0.653. The number of hydrogen-bond acceptors (Lipinski definition) is 2. The Bertz CT molecular complexity index is 248. The molecule has 0 radical (unpaired) electrons. The molecule has 0 bridgehead atoms. The molecule has 0 saturated heterocycles. The summed E-state index contributed by atoms with van der Waals surface area (Å²) in [6, 6.07) is 0. The Hall–Kier alpha value is -0.830. The number of aliphatic carboxylic acids is 1. The van der Waals surface area contributed by atoms with Crippen molar-refractivity contribution in [1.29, 1.82) is 0 Å². The minimum absolute atomic E-state index is 0.229. The highest BCUT2D eigenvalue weighted by atomic mass is 16.5. The van der Waals surface area contributed by atoms with E-state index in [2.05, 4.69) is 12.2 Å². The summed E-state index contributed by atoms with van der Waals surface area (Å²) in [6.07, 6.45) is 10.3. The van der Waals surface area contributed by atoms with Gasteiger partial charge in [-0.15, -0.1) is 0 Å². The van der Waals surface area contributed by atoms with Crippen molar-refractivity contribution in [3.8, 4) is 0 Å². The van der Waals surface area contributed by atoms with Crippen LogP contribution in [0.25, 0.3) is 0 Å². The van der Waals surface area contributed by atoms with Crippen molar-refractivity contribution >= 4 is 5.97 Å². The number of ether oxygens (including phenoxy) is 1. The molecule has 0 aromatic rings. The molecule has 3 nitrogen and oxygen atoms in total. The van der Waals surface area contributed by atoms with Crippen LogP contribution in [-0.2, 0) is 9.53 Å². The highest BCUT2D eigenvalue weighted by Crippen LogP contribution is 2.28. The summed E-state index contributed by atoms with van der Waals surface area (Å²) in [6.45, 7) is 3.18. The lowest BCUT2D eigenvalue weighted by Crippen LogP contribution is -2.25. The van der Waals surface area contributed by atoms with Gasteiger partial charge in [0.25, 0.3) is 0 Å². The largest absolute Gasteiger partial charge is 0.481 e. The van der Waals surface area contributed by atoms with E-state index in [0.717, 1.165) is 32.1 Å². The van der Waals surface area contributed by atoms with Crippen LogP contribution in [0.4, 0.5) is 0 Å². The smallest absolute Gasteiger partial charge is 0.306 e. The van der Waals surface area contributed by atoms with Gasteiger partial charge in [0.2, 0.25) is 0 Å². The number of rotatable bonds is 6. The molecular formula is C14H24O3. The molecule has 17 heavy (non-hydrogen) atoms. The highest BCUT2D eigenvalue weighted by Gasteiger charge is 2.27. The van der Waals surface area contributed by atoms with E-state index in [1.54, 1.807) is 0 Å². The SMILES string of the molecule is CCOCCC(C(=O)O)C1CC/C=C\CCC1. The molecule has 0 heterocycles. The fraction of sp³-hybridized carbons (Fsp3) is 0.786. The number of carboxylic acid groups (broad SMARTS) is 1. The Morgan fingerprint density at radius 3 is 2.88 bits per heavy atom. The Morgan fingerprint density at radius 1 is 1.41 bits per heavy atom. The van der Waals surface area contributed by atoms with Gasteiger partial charge in [0.15, 0.2) is 0 Å². The van der Waals surface area contributed by atoms with Crippen molar-refractivity contribution in [2.75, 3.05) is 13.2 Å². The van der Waals surface area contributed by atoms with Gasteiger partial charge in [-0.2, -0.15) is 0 Å². The van der Waals surface area contributed by atoms with Crippen molar-refractivity contribution in [2.45, 2.75) is 45.4 Å². The number of carbonyl (C=O) groups is 1. The molecule has 1 aliphatic rings. The Balaban J connectivity index is 2.49. The topological polar surface area (TPSA) is 46.5 Å². The third-order valence-electron chi connectivity index (χ3n) is 3.48. The minimum Gasteiger partial charge on any atom is -0.481 e. The maximum Gasteiger partial charge on any atom is 0.306 e. The second kappa shape index (κ2) is 8.29. The second-order valence-electron chi connectivity index (χ2n) is 4.67. The molecule has 0 aliphatic heterocycles. The van der Waals surface area contributed by atoms with Gasteiger partial charge in [0.1, 0.15) is 0 Å². The van der Waals surface area contributed by atoms with Crippen molar-refractivity contribution in [2.24, 2.45) is 11.8 Å². The normalized spacial score (nSPS) is 24.6. The van der Waals surface area contributed by atoms with Gasteiger partial charge in [-0.1, -0.05) is 12.2 Å². The Morgan fingerprint density at radius 2 is 2.18 bits per heavy atom. The Kier molecular flexibility index (Phi) is 6.94. The Labute approximate surface area is 104 Å². The number of carboxylic acids is 1. The molecule has 0 spiro atoms. The maximum atomic E-state index is 11.3. The predicted octanol–water partition coefficient (Wildman–Crippen LogP) is 3.25. The van der Waals surface area contributed by atoms with E-state index in [1.807, 2.05) is 6.92 Å². The van der Waals surface area contributed by atoms with Crippen LogP contribution in [-0.4, -0.2) is 24.3 Å². The van der Waals surface area contributed by atoms with E-state index < -0.39 is 5.97 Å². The van der Waals surface area contributed by atoms with Gasteiger partial charge >= 0.3 is 5.97 Å². The van der Waals surface area contributed by atoms with Gasteiger partial charge in [-0.3, -0.25) is 4.79 Å². The van der Waals surface area contributed by atoms with Crippen LogP contribution in [0.2, 0.25) is 0 Å². The van der Waals surface area contributed by atoms with E-state index >= 15 is 0 Å². The lowest BCUT2D eigenvalue weighted by molar-refractivity contribution is -0.144. The van der Waals surface area contributed by atoms with Crippen LogP contribution in [0, 0.1) is 11.8 Å². The highest BCUT2D eigenvalue weighted by molar-refractivity contribution is 5.70. The molecule has 2 unspecified atom stereocenters. The molecule has 1 N–H and O–H groups in total. The fourth-order valence-corrected chi connectivity index (χ4v) is 2.51. The van der Waals surface area contributed by atoms with Crippen LogP contribution < -0.4 is 0 Å². The van der Waals surface area contributed by atoms with Crippen molar-refractivity contribution < 1.29 is 14.6 Å². The summed E-state index contributed by atoms with van der Waals surface area (Å²) in [5.41, 5.74) is 0. The van der Waals surface area contributed by atoms with Gasteiger partial charge in [0.05, 0.1) is 5.92 Å². The van der Waals surface area contributed by atoms with E-state index in [1.165, 1.54) is 0 Å². The third-order valence-corrected chi connectivity index (χ3v) is 3.48. The van der Waals surface area contributed by atoms with Crippen molar-refractivity contribution in [3.05, 3.63) is 12.2 Å². The molecule has 98 valence electrons. The molecule has 3 heteroatoms. The van der Waals surface area contributed by atoms with E-state index in [0.29, 0.717) is 25.6 Å². The van der Waals surface area contributed by atoms with E-state index in [4.69, 9.17) is 4.74 Å². The molecule has 2 atom stereocenters. The van der Waals surface area contributed by atoms with Crippen LogP contribution >= 0.6 is 0 Å². The fourth-order valence-electron chi connectivity index (χ4n) is 2.51. The lowest BCUT2D eigenvalue weighted by Gasteiger charge is -2.24. The first kappa shape index (κ1) is 14.2. The molecule has 0 aromatic carbocycles. The summed E-state index contributed by atoms with van der Waals surface area (Å²) in [4.78, 5) is 11.3. The first-order chi connectivity index (χ1) is 8.25. The zero-order valence-electron chi connectivity index (χ0n) is 10.7. The van der Waals surface area contributed by atoms with Crippen molar-refractivity contribution in [3.63, 3.8) is 0 Å². The standard InChI is InChI=1S/C14H24O3/c1-2-17-11-10-13(14(15)16)12-8-6-4-3-5-7-9-12/h3-4,12-13H,2,5-11H2,1H3,(H,15,16)/b4-3-. The summed E-state index contributed by atoms with van der Waals surface area (Å²) in [5.74, 6) is -0.565. The number of allylic oxidation sites excluding steroid dienone is 2. The lowest BCUT2D eigenvalue weighted by atomic mass is 9.81. The summed E-state index contributed by atoms with van der Waals surface area (Å²) in [7, 11) is 0. The predicted molar refractivity (Wildman–Crippen MR) is 68.0 cm³/mol. The molecule has 0 fully saturated rings. The third kappa shape index (κ3) is 5.35. The van der Waals surface area contributed by atoms with Gasteiger partial charge in [-0.05, 0) is 51.4 Å². The average molecular weight is 240 g/mol. The molecular weight excluding hydrogens is 216 g/mol. The van der Waals surface area contributed by atoms with Crippen LogP contribution in [0.3, 0.4) is 0 Å². The van der Waals surface area contributed by atoms with E-state index in [-0.39, 0.29) is 5.92 Å². The average Bonchev–Trinajstić information content (AvgIpc) is 2.25. The summed E-state index contributed by atoms with van der Waals surface area (Å²) < 4.78 is 5.28. The van der Waals surface area contributed by atoms with Crippen molar-refractivity contribution in [1.82, 2.24) is 0 Å². The van der Waals surface area contributed by atoms with Gasteiger partial charge < -0.3 is 9.84 Å². The number of hydrogen-bond donors (Lipinski definition) is 1. The summed E-state index contributed by atoms with van der Waals surface area (Å²) in [5, 5.41) is 9.31. The second-order valence-corrected chi connectivity index (χ2v) is 4.67. The first-order valence-corrected chi connectivity index (χ1v) is 6.71. The zero-order chi connectivity index (χ0) is 12.5. The van der Waals surface area contributed by atoms with Gasteiger partial charge in [-0.25, -0.2) is 0 Å². The molecule has 1 aliphatic carbocycles. The van der Waals surface area contributed by atoms with Crippen LogP contribution in [0.1, 0.15) is 45.4 Å². The van der Waals surface area contributed by atoms with E-state index in [9.17, 15) is 9.90 Å². The van der Waals surface area contributed by atoms with Crippen LogP contribution in [0.15, 0.2) is 12.2 Å². The molecule has 0 saturated carbocycles. The quantitative estimate of drug-likeness (QED) is 0.572. The van der Waals surface area contributed by atoms with Crippen LogP contribution in [0.5, 0.6) is 0 Å². The molecule has 0 aromatic heterocycles. The molecule has 1 rings (SSSR count).